The van der Waals surface area contributed by atoms with Crippen molar-refractivity contribution in [2.24, 2.45) is 0 Å². The van der Waals surface area contributed by atoms with Crippen LogP contribution in [-0.2, 0) is 0 Å². The second-order valence-corrected chi connectivity index (χ2v) is 12.5. The summed E-state index contributed by atoms with van der Waals surface area (Å²) in [6, 6.07) is 61.8. The Bertz CT molecular complexity index is 2770. The Morgan fingerprint density at radius 2 is 0.878 bits per heavy atom. The molecule has 0 aliphatic heterocycles. The van der Waals surface area contributed by atoms with Crippen LogP contribution >= 0.6 is 0 Å². The van der Waals surface area contributed by atoms with Gasteiger partial charge in [-0.25, -0.2) is 0 Å². The maximum atomic E-state index is 6.76. The number of anilines is 3. The van der Waals surface area contributed by atoms with Crippen molar-refractivity contribution >= 4 is 71.7 Å². The van der Waals surface area contributed by atoms with Crippen molar-refractivity contribution < 1.29 is 8.83 Å². The van der Waals surface area contributed by atoms with E-state index in [9.17, 15) is 0 Å². The van der Waals surface area contributed by atoms with Gasteiger partial charge in [-0.3, -0.25) is 0 Å². The summed E-state index contributed by atoms with van der Waals surface area (Å²) in [5.74, 6) is 0. The highest BCUT2D eigenvalue weighted by Gasteiger charge is 2.20. The molecule has 3 heteroatoms. The molecule has 0 spiro atoms. The van der Waals surface area contributed by atoms with Gasteiger partial charge < -0.3 is 13.7 Å². The number of benzene rings is 8. The van der Waals surface area contributed by atoms with Crippen LogP contribution in [0.25, 0.3) is 76.9 Å². The number of fused-ring (bicyclic) bond motifs is 8. The number of hydrogen-bond donors (Lipinski definition) is 0. The fraction of sp³-hybridized carbons (Fsp3) is 0. The van der Waals surface area contributed by atoms with Gasteiger partial charge in [-0.05, 0) is 65.0 Å². The quantitative estimate of drug-likeness (QED) is 0.190. The van der Waals surface area contributed by atoms with Crippen molar-refractivity contribution in [1.82, 2.24) is 0 Å². The van der Waals surface area contributed by atoms with Gasteiger partial charge >= 0.3 is 0 Å². The zero-order chi connectivity index (χ0) is 32.3. The van der Waals surface area contributed by atoms with Crippen LogP contribution in [-0.4, -0.2) is 0 Å². The molecule has 0 amide bonds. The number of furan rings is 2. The Kier molecular flexibility index (Phi) is 6.18. The molecule has 2 heterocycles. The Balaban J connectivity index is 1.15. The summed E-state index contributed by atoms with van der Waals surface area (Å²) in [5, 5.41) is 6.81. The van der Waals surface area contributed by atoms with E-state index in [-0.39, 0.29) is 0 Å². The molecule has 10 rings (SSSR count). The predicted octanol–water partition coefficient (Wildman–Crippen LogP) is 13.4. The van der Waals surface area contributed by atoms with Crippen molar-refractivity contribution in [2.75, 3.05) is 4.90 Å². The molecule has 10 aromatic rings. The average molecular weight is 628 g/mol. The molecular weight excluding hydrogens is 599 g/mol. The molecule has 230 valence electrons. The zero-order valence-electron chi connectivity index (χ0n) is 26.5. The third-order valence-electron chi connectivity index (χ3n) is 9.66. The molecule has 0 saturated carbocycles. The summed E-state index contributed by atoms with van der Waals surface area (Å²) in [6.07, 6.45) is 0. The van der Waals surface area contributed by atoms with E-state index >= 15 is 0 Å². The van der Waals surface area contributed by atoms with Crippen LogP contribution in [0.5, 0.6) is 0 Å². The van der Waals surface area contributed by atoms with Gasteiger partial charge in [0.25, 0.3) is 0 Å². The minimum atomic E-state index is 0.865. The maximum absolute atomic E-state index is 6.76. The lowest BCUT2D eigenvalue weighted by molar-refractivity contribution is 0.665. The van der Waals surface area contributed by atoms with Crippen molar-refractivity contribution in [3.63, 3.8) is 0 Å². The topological polar surface area (TPSA) is 29.5 Å². The number of nitrogens with zero attached hydrogens (tertiary/aromatic N) is 1. The predicted molar refractivity (Wildman–Crippen MR) is 204 cm³/mol. The minimum absolute atomic E-state index is 0.865. The molecule has 0 saturated heterocycles. The first kappa shape index (κ1) is 27.5. The summed E-state index contributed by atoms with van der Waals surface area (Å²) in [5.41, 5.74) is 11.2. The van der Waals surface area contributed by atoms with E-state index in [0.29, 0.717) is 0 Å². The summed E-state index contributed by atoms with van der Waals surface area (Å²) in [6.45, 7) is 0. The molecular formula is C46H29NO2. The smallest absolute Gasteiger partial charge is 0.143 e. The first-order chi connectivity index (χ1) is 24.3. The standard InChI is InChI=1S/C46H29NO2/c1-3-13-32(14-4-1)47(33-15-5-2-6-16-33)34-27-24-30(25-28-34)35-18-9-12-31-26-29-42-44(43(31)35)40-22-11-21-39(46(40)49-42)38-20-10-19-37-36-17-7-8-23-41(36)48-45(37)38/h1-29H. The van der Waals surface area contributed by atoms with E-state index in [0.717, 1.165) is 77.6 Å². The van der Waals surface area contributed by atoms with Crippen molar-refractivity contribution in [3.8, 4) is 22.3 Å². The molecule has 0 bridgehead atoms. The molecule has 3 nitrogen and oxygen atoms in total. The lowest BCUT2D eigenvalue weighted by Crippen LogP contribution is -2.09. The van der Waals surface area contributed by atoms with E-state index in [1.807, 2.05) is 12.1 Å². The third-order valence-corrected chi connectivity index (χ3v) is 9.66. The summed E-state index contributed by atoms with van der Waals surface area (Å²) in [7, 11) is 0. The number of rotatable bonds is 5. The molecule has 0 unspecified atom stereocenters. The van der Waals surface area contributed by atoms with E-state index < -0.39 is 0 Å². The van der Waals surface area contributed by atoms with Gasteiger partial charge in [-0.2, -0.15) is 0 Å². The van der Waals surface area contributed by atoms with Crippen LogP contribution in [0.1, 0.15) is 0 Å². The van der Waals surface area contributed by atoms with E-state index in [4.69, 9.17) is 8.83 Å². The SMILES string of the molecule is c1ccc(N(c2ccccc2)c2ccc(-c3cccc4ccc5oc6c(-c7cccc8c7oc7ccccc78)cccc6c5c34)cc2)cc1. The fourth-order valence-electron chi connectivity index (χ4n) is 7.47. The fourth-order valence-corrected chi connectivity index (χ4v) is 7.47. The molecule has 2 aromatic heterocycles. The van der Waals surface area contributed by atoms with Crippen molar-refractivity contribution in [1.29, 1.82) is 0 Å². The lowest BCUT2D eigenvalue weighted by atomic mass is 9.93. The highest BCUT2D eigenvalue weighted by molar-refractivity contribution is 6.25. The van der Waals surface area contributed by atoms with Gasteiger partial charge in [0.15, 0.2) is 0 Å². The van der Waals surface area contributed by atoms with E-state index in [1.54, 1.807) is 0 Å². The Hall–Kier alpha value is -6.58. The van der Waals surface area contributed by atoms with Crippen molar-refractivity contribution in [2.45, 2.75) is 0 Å². The highest BCUT2D eigenvalue weighted by atomic mass is 16.3. The second-order valence-electron chi connectivity index (χ2n) is 12.5. The van der Waals surface area contributed by atoms with Gasteiger partial charge in [-0.1, -0.05) is 127 Å². The van der Waals surface area contributed by atoms with Crippen LogP contribution in [0.15, 0.2) is 185 Å². The molecule has 0 aliphatic rings. The van der Waals surface area contributed by atoms with Crippen LogP contribution in [0.2, 0.25) is 0 Å². The van der Waals surface area contributed by atoms with Gasteiger partial charge in [0, 0.05) is 55.1 Å². The lowest BCUT2D eigenvalue weighted by Gasteiger charge is -2.25. The van der Waals surface area contributed by atoms with Crippen LogP contribution < -0.4 is 4.90 Å². The first-order valence-corrected chi connectivity index (χ1v) is 16.6. The largest absolute Gasteiger partial charge is 0.455 e. The Morgan fingerprint density at radius 1 is 0.327 bits per heavy atom. The van der Waals surface area contributed by atoms with Crippen LogP contribution in [0, 0.1) is 0 Å². The van der Waals surface area contributed by atoms with Crippen LogP contribution in [0.4, 0.5) is 17.1 Å². The Labute approximate surface area is 282 Å². The van der Waals surface area contributed by atoms with E-state index in [2.05, 4.69) is 169 Å². The normalized spacial score (nSPS) is 11.7. The summed E-state index contributed by atoms with van der Waals surface area (Å²) >= 11 is 0. The zero-order valence-corrected chi connectivity index (χ0v) is 26.5. The monoisotopic (exact) mass is 627 g/mol. The van der Waals surface area contributed by atoms with Gasteiger partial charge in [-0.15, -0.1) is 0 Å². The van der Waals surface area contributed by atoms with Gasteiger partial charge in [0.2, 0.25) is 0 Å². The molecule has 0 N–H and O–H groups in total. The average Bonchev–Trinajstić information content (AvgIpc) is 3.75. The second kappa shape index (κ2) is 11.0. The third kappa shape index (κ3) is 4.37. The van der Waals surface area contributed by atoms with Crippen LogP contribution in [0.3, 0.4) is 0 Å². The molecule has 49 heavy (non-hydrogen) atoms. The van der Waals surface area contributed by atoms with Gasteiger partial charge in [0.1, 0.15) is 22.3 Å². The van der Waals surface area contributed by atoms with Gasteiger partial charge in [0.05, 0.1) is 0 Å². The number of para-hydroxylation sites is 5. The van der Waals surface area contributed by atoms with E-state index in [1.165, 1.54) is 16.3 Å². The minimum Gasteiger partial charge on any atom is -0.455 e. The molecule has 0 fully saturated rings. The summed E-state index contributed by atoms with van der Waals surface area (Å²) < 4.78 is 13.2. The highest BCUT2D eigenvalue weighted by Crippen LogP contribution is 2.45. The molecule has 0 radical (unpaired) electrons. The maximum Gasteiger partial charge on any atom is 0.143 e. The Morgan fingerprint density at radius 3 is 1.61 bits per heavy atom. The molecule has 8 aromatic carbocycles. The number of hydrogen-bond acceptors (Lipinski definition) is 3. The molecule has 0 aliphatic carbocycles. The van der Waals surface area contributed by atoms with Crippen molar-refractivity contribution in [3.05, 3.63) is 176 Å². The molecule has 0 atom stereocenters. The first-order valence-electron chi connectivity index (χ1n) is 16.6. The summed E-state index contributed by atoms with van der Waals surface area (Å²) in [4.78, 5) is 2.29.